The van der Waals surface area contributed by atoms with Gasteiger partial charge in [0, 0.05) is 17.2 Å². The highest BCUT2D eigenvalue weighted by molar-refractivity contribution is 9.10. The fraction of sp³-hybridized carbons (Fsp3) is 0.333. The lowest BCUT2D eigenvalue weighted by Crippen LogP contribution is -2.10. The Balaban J connectivity index is 1.82. The highest BCUT2D eigenvalue weighted by Crippen LogP contribution is 2.11. The molecule has 96 valence electrons. The quantitative estimate of drug-likeness (QED) is 0.630. The highest BCUT2D eigenvalue weighted by atomic mass is 79.9. The van der Waals surface area contributed by atoms with Crippen LogP contribution in [-0.2, 0) is 4.74 Å². The molecule has 0 saturated carbocycles. The van der Waals surface area contributed by atoms with Crippen LogP contribution in [0.4, 0.5) is 5.95 Å². The van der Waals surface area contributed by atoms with Crippen molar-refractivity contribution < 1.29 is 4.74 Å². The van der Waals surface area contributed by atoms with Crippen LogP contribution in [0.3, 0.4) is 0 Å². The Hall–Kier alpha value is -1.40. The maximum atomic E-state index is 5.39. The van der Waals surface area contributed by atoms with E-state index >= 15 is 0 Å². The van der Waals surface area contributed by atoms with Crippen LogP contribution >= 0.6 is 15.9 Å². The van der Waals surface area contributed by atoms with Gasteiger partial charge in [-0.1, -0.05) is 6.08 Å². The summed E-state index contributed by atoms with van der Waals surface area (Å²) < 4.78 is 8.08. The lowest BCUT2D eigenvalue weighted by atomic mass is 10.4. The van der Waals surface area contributed by atoms with Crippen molar-refractivity contribution in [3.05, 3.63) is 35.5 Å². The standard InChI is InChI=1S/C12H15BrN4O/c1-2-3-7-18-8-6-14-12-15-11-5-4-10(13)9-17(11)16-12/h2,4-5,9H,1,3,6-8H2,(H,14,16). The summed E-state index contributed by atoms with van der Waals surface area (Å²) in [5.41, 5.74) is 0.813. The van der Waals surface area contributed by atoms with Crippen molar-refractivity contribution in [1.29, 1.82) is 0 Å². The van der Waals surface area contributed by atoms with Crippen molar-refractivity contribution in [2.75, 3.05) is 25.1 Å². The molecule has 0 amide bonds. The minimum absolute atomic E-state index is 0.612. The maximum absolute atomic E-state index is 5.39. The van der Waals surface area contributed by atoms with Gasteiger partial charge in [0.25, 0.3) is 0 Å². The number of pyridine rings is 1. The summed E-state index contributed by atoms with van der Waals surface area (Å²) in [4.78, 5) is 4.34. The molecule has 5 nitrogen and oxygen atoms in total. The summed E-state index contributed by atoms with van der Waals surface area (Å²) in [7, 11) is 0. The van der Waals surface area contributed by atoms with Crippen LogP contribution in [0, 0.1) is 0 Å². The molecule has 0 saturated heterocycles. The highest BCUT2D eigenvalue weighted by Gasteiger charge is 2.02. The Labute approximate surface area is 114 Å². The Morgan fingerprint density at radius 2 is 2.33 bits per heavy atom. The molecule has 6 heteroatoms. The van der Waals surface area contributed by atoms with E-state index in [9.17, 15) is 0 Å². The number of nitrogens with zero attached hydrogens (tertiary/aromatic N) is 3. The number of fused-ring (bicyclic) bond motifs is 1. The molecule has 0 aliphatic rings. The number of halogens is 1. The van der Waals surface area contributed by atoms with E-state index in [1.807, 2.05) is 24.4 Å². The van der Waals surface area contributed by atoms with Crippen LogP contribution < -0.4 is 5.32 Å². The van der Waals surface area contributed by atoms with Crippen molar-refractivity contribution in [2.24, 2.45) is 0 Å². The molecule has 2 heterocycles. The summed E-state index contributed by atoms with van der Waals surface area (Å²) in [5.74, 6) is 0.612. The average molecular weight is 311 g/mol. The fourth-order valence-electron chi connectivity index (χ4n) is 1.44. The second-order valence-electron chi connectivity index (χ2n) is 3.70. The number of nitrogens with one attached hydrogen (secondary N) is 1. The van der Waals surface area contributed by atoms with Crippen LogP contribution in [0.2, 0.25) is 0 Å². The van der Waals surface area contributed by atoms with Crippen LogP contribution in [-0.4, -0.2) is 34.4 Å². The monoisotopic (exact) mass is 310 g/mol. The number of aromatic nitrogens is 3. The van der Waals surface area contributed by atoms with Gasteiger partial charge in [0.1, 0.15) is 0 Å². The van der Waals surface area contributed by atoms with Crippen LogP contribution in [0.1, 0.15) is 6.42 Å². The minimum Gasteiger partial charge on any atom is -0.379 e. The fourth-order valence-corrected chi connectivity index (χ4v) is 1.76. The first kappa shape index (κ1) is 13.0. The largest absolute Gasteiger partial charge is 0.379 e. The summed E-state index contributed by atoms with van der Waals surface area (Å²) in [6.45, 7) is 5.66. The second-order valence-corrected chi connectivity index (χ2v) is 4.62. The first-order valence-corrected chi connectivity index (χ1v) is 6.53. The summed E-state index contributed by atoms with van der Waals surface area (Å²) >= 11 is 3.39. The summed E-state index contributed by atoms with van der Waals surface area (Å²) in [6.07, 6.45) is 4.59. The van der Waals surface area contributed by atoms with Gasteiger partial charge >= 0.3 is 0 Å². The molecule has 18 heavy (non-hydrogen) atoms. The van der Waals surface area contributed by atoms with E-state index in [0.717, 1.165) is 16.5 Å². The lowest BCUT2D eigenvalue weighted by molar-refractivity contribution is 0.149. The van der Waals surface area contributed by atoms with Crippen molar-refractivity contribution in [3.8, 4) is 0 Å². The molecule has 0 atom stereocenters. The molecule has 2 aromatic heterocycles. The van der Waals surface area contributed by atoms with Gasteiger partial charge in [-0.25, -0.2) is 4.52 Å². The molecule has 0 aromatic carbocycles. The third-order valence-electron chi connectivity index (χ3n) is 2.29. The van der Waals surface area contributed by atoms with Crippen LogP contribution in [0.5, 0.6) is 0 Å². The van der Waals surface area contributed by atoms with Gasteiger partial charge in [-0.2, -0.15) is 4.98 Å². The molecule has 0 spiro atoms. The normalized spacial score (nSPS) is 10.7. The molecule has 0 bridgehead atoms. The summed E-state index contributed by atoms with van der Waals surface area (Å²) in [5, 5.41) is 7.42. The Bertz CT molecular complexity index is 526. The molecule has 1 N–H and O–H groups in total. The molecule has 0 fully saturated rings. The van der Waals surface area contributed by atoms with E-state index in [1.54, 1.807) is 4.52 Å². The van der Waals surface area contributed by atoms with Gasteiger partial charge in [0.05, 0.1) is 13.2 Å². The van der Waals surface area contributed by atoms with Gasteiger partial charge in [-0.05, 0) is 34.5 Å². The Kier molecular flexibility index (Phi) is 4.72. The topological polar surface area (TPSA) is 51.5 Å². The van der Waals surface area contributed by atoms with Crippen molar-refractivity contribution in [1.82, 2.24) is 14.6 Å². The smallest absolute Gasteiger partial charge is 0.243 e. The van der Waals surface area contributed by atoms with E-state index in [2.05, 4.69) is 37.9 Å². The minimum atomic E-state index is 0.612. The van der Waals surface area contributed by atoms with E-state index < -0.39 is 0 Å². The first-order chi connectivity index (χ1) is 8.79. The number of rotatable bonds is 7. The van der Waals surface area contributed by atoms with Crippen molar-refractivity contribution >= 4 is 27.5 Å². The third-order valence-corrected chi connectivity index (χ3v) is 2.76. The molecule has 2 rings (SSSR count). The van der Waals surface area contributed by atoms with Crippen molar-refractivity contribution in [3.63, 3.8) is 0 Å². The Morgan fingerprint density at radius 1 is 1.44 bits per heavy atom. The number of anilines is 1. The predicted octanol–water partition coefficient (Wildman–Crippen LogP) is 2.50. The van der Waals surface area contributed by atoms with E-state index in [4.69, 9.17) is 4.74 Å². The number of ether oxygens (including phenoxy) is 1. The molecule has 0 aliphatic carbocycles. The SMILES string of the molecule is C=CCCOCCNc1nc2ccc(Br)cn2n1. The zero-order valence-corrected chi connectivity index (χ0v) is 11.6. The third kappa shape index (κ3) is 3.54. The molecular weight excluding hydrogens is 296 g/mol. The summed E-state index contributed by atoms with van der Waals surface area (Å²) in [6, 6.07) is 3.84. The average Bonchev–Trinajstić information content (AvgIpc) is 2.75. The van der Waals surface area contributed by atoms with Gasteiger partial charge < -0.3 is 10.1 Å². The molecule has 0 unspecified atom stereocenters. The zero-order valence-electron chi connectivity index (χ0n) is 9.97. The molecule has 0 aliphatic heterocycles. The first-order valence-electron chi connectivity index (χ1n) is 5.74. The predicted molar refractivity (Wildman–Crippen MR) is 74.8 cm³/mol. The van der Waals surface area contributed by atoms with Crippen LogP contribution in [0.25, 0.3) is 5.65 Å². The van der Waals surface area contributed by atoms with E-state index in [-0.39, 0.29) is 0 Å². The molecule has 2 aromatic rings. The lowest BCUT2D eigenvalue weighted by Gasteiger charge is -2.02. The van der Waals surface area contributed by atoms with Gasteiger partial charge in [0.15, 0.2) is 5.65 Å². The van der Waals surface area contributed by atoms with Crippen LogP contribution in [0.15, 0.2) is 35.5 Å². The van der Waals surface area contributed by atoms with E-state index in [1.165, 1.54) is 0 Å². The van der Waals surface area contributed by atoms with Gasteiger partial charge in [-0.15, -0.1) is 11.7 Å². The van der Waals surface area contributed by atoms with Crippen molar-refractivity contribution in [2.45, 2.75) is 6.42 Å². The maximum Gasteiger partial charge on any atom is 0.243 e. The molecular formula is C12H15BrN4O. The van der Waals surface area contributed by atoms with Gasteiger partial charge in [0.2, 0.25) is 5.95 Å². The zero-order chi connectivity index (χ0) is 12.8. The van der Waals surface area contributed by atoms with Gasteiger partial charge in [-0.3, -0.25) is 0 Å². The second kappa shape index (κ2) is 6.51. The molecule has 0 radical (unpaired) electrons. The van der Waals surface area contributed by atoms with E-state index in [0.29, 0.717) is 25.7 Å². The Morgan fingerprint density at radius 3 is 3.17 bits per heavy atom. The number of hydrogen-bond acceptors (Lipinski definition) is 4. The number of hydrogen-bond donors (Lipinski definition) is 1.